The van der Waals surface area contributed by atoms with Gasteiger partial charge < -0.3 is 9.32 Å². The maximum Gasteiger partial charge on any atom is 0.145 e. The van der Waals surface area contributed by atoms with Gasteiger partial charge in [0.1, 0.15) is 11.2 Å². The largest absolute Gasteiger partial charge is 0.455 e. The molecule has 12 rings (SSSR count). The van der Waals surface area contributed by atoms with E-state index in [1.807, 2.05) is 0 Å². The zero-order valence-corrected chi connectivity index (χ0v) is 33.9. The number of benzene rings is 11. The highest BCUT2D eigenvalue weighted by molar-refractivity contribution is 6.26. The van der Waals surface area contributed by atoms with Crippen LogP contribution in [0.25, 0.3) is 98.8 Å². The summed E-state index contributed by atoms with van der Waals surface area (Å²) >= 11 is 0. The van der Waals surface area contributed by atoms with Crippen molar-refractivity contribution in [2.75, 3.05) is 4.90 Å². The van der Waals surface area contributed by atoms with Gasteiger partial charge >= 0.3 is 0 Å². The lowest BCUT2D eigenvalue weighted by Gasteiger charge is -2.28. The van der Waals surface area contributed by atoms with Gasteiger partial charge in [0.05, 0.1) is 11.1 Å². The number of hydrogen-bond donors (Lipinski definition) is 0. The van der Waals surface area contributed by atoms with Crippen molar-refractivity contribution in [1.29, 1.82) is 0 Å². The molecule has 0 fully saturated rings. The first-order valence-electron chi connectivity index (χ1n) is 21.3. The SMILES string of the molecule is c1ccc(-c2ccccc2-c2cccc(N(c3cccc(-c4ccc5c6ccccc6c6ccccc6c5c4)c3)c3ccc(-c4ccccc4)c4oc5ccccc5c34)c2)cc1. The number of furan rings is 1. The van der Waals surface area contributed by atoms with Gasteiger partial charge in [-0.15, -0.1) is 0 Å². The van der Waals surface area contributed by atoms with Crippen LogP contribution >= 0.6 is 0 Å². The number of hydrogen-bond acceptors (Lipinski definition) is 2. The van der Waals surface area contributed by atoms with Gasteiger partial charge in [0, 0.05) is 22.3 Å². The third-order valence-electron chi connectivity index (χ3n) is 12.4. The zero-order chi connectivity index (χ0) is 41.0. The minimum absolute atomic E-state index is 0.863. The average molecular weight is 790 g/mol. The fourth-order valence-corrected chi connectivity index (χ4v) is 9.60. The maximum atomic E-state index is 6.83. The predicted octanol–water partition coefficient (Wildman–Crippen LogP) is 17.2. The second-order valence-corrected chi connectivity index (χ2v) is 16.0. The van der Waals surface area contributed by atoms with Gasteiger partial charge in [0.15, 0.2) is 0 Å². The predicted molar refractivity (Wildman–Crippen MR) is 263 cm³/mol. The first-order chi connectivity index (χ1) is 30.8. The molecule has 62 heavy (non-hydrogen) atoms. The molecule has 0 N–H and O–H groups in total. The summed E-state index contributed by atoms with van der Waals surface area (Å²) < 4.78 is 6.83. The molecule has 290 valence electrons. The molecule has 11 aromatic carbocycles. The van der Waals surface area contributed by atoms with Gasteiger partial charge in [-0.2, -0.15) is 0 Å². The summed E-state index contributed by atoms with van der Waals surface area (Å²) in [4.78, 5) is 2.42. The zero-order valence-electron chi connectivity index (χ0n) is 33.9. The van der Waals surface area contributed by atoms with Gasteiger partial charge in [0.25, 0.3) is 0 Å². The van der Waals surface area contributed by atoms with Gasteiger partial charge in [-0.3, -0.25) is 0 Å². The fourth-order valence-electron chi connectivity index (χ4n) is 9.60. The molecule has 0 aliphatic carbocycles. The van der Waals surface area contributed by atoms with E-state index in [2.05, 4.69) is 241 Å². The molecule has 0 atom stereocenters. The molecule has 0 aliphatic rings. The van der Waals surface area contributed by atoms with Crippen LogP contribution in [0, 0.1) is 0 Å². The van der Waals surface area contributed by atoms with E-state index >= 15 is 0 Å². The molecular formula is C60H39NO. The van der Waals surface area contributed by atoms with E-state index in [4.69, 9.17) is 4.42 Å². The highest BCUT2D eigenvalue weighted by atomic mass is 16.3. The Morgan fingerprint density at radius 2 is 0.742 bits per heavy atom. The molecule has 0 bridgehead atoms. The molecule has 0 aliphatic heterocycles. The Hall–Kier alpha value is -8.20. The minimum atomic E-state index is 0.863. The molecule has 12 aromatic rings. The summed E-state index contributed by atoms with van der Waals surface area (Å²) in [6.07, 6.45) is 0. The van der Waals surface area contributed by atoms with Gasteiger partial charge in [-0.05, 0) is 120 Å². The summed E-state index contributed by atoms with van der Waals surface area (Å²) in [5, 5.41) is 9.77. The minimum Gasteiger partial charge on any atom is -0.455 e. The van der Waals surface area contributed by atoms with Crippen molar-refractivity contribution in [2.24, 2.45) is 0 Å². The van der Waals surface area contributed by atoms with Crippen molar-refractivity contribution in [1.82, 2.24) is 0 Å². The number of fused-ring (bicyclic) bond motifs is 9. The molecule has 0 unspecified atom stereocenters. The van der Waals surface area contributed by atoms with Crippen LogP contribution in [0.5, 0.6) is 0 Å². The Balaban J connectivity index is 1.09. The van der Waals surface area contributed by atoms with Crippen LogP contribution in [0.4, 0.5) is 17.1 Å². The van der Waals surface area contributed by atoms with Crippen LogP contribution in [0.15, 0.2) is 241 Å². The summed E-state index contributed by atoms with van der Waals surface area (Å²) in [6, 6.07) is 85.4. The highest BCUT2D eigenvalue weighted by Gasteiger charge is 2.23. The molecule has 0 saturated carbocycles. The summed E-state index contributed by atoms with van der Waals surface area (Å²) in [7, 11) is 0. The lowest BCUT2D eigenvalue weighted by Crippen LogP contribution is -2.11. The molecule has 0 radical (unpaired) electrons. The normalized spacial score (nSPS) is 11.5. The summed E-state index contributed by atoms with van der Waals surface area (Å²) in [5.74, 6) is 0. The summed E-state index contributed by atoms with van der Waals surface area (Å²) in [5.41, 5.74) is 14.1. The molecular weight excluding hydrogens is 751 g/mol. The van der Waals surface area contributed by atoms with E-state index in [9.17, 15) is 0 Å². The lowest BCUT2D eigenvalue weighted by molar-refractivity contribution is 0.670. The first kappa shape index (κ1) is 35.7. The fraction of sp³-hybridized carbons (Fsp3) is 0. The Kier molecular flexibility index (Phi) is 8.53. The third kappa shape index (κ3) is 5.96. The van der Waals surface area contributed by atoms with Gasteiger partial charge in [-0.25, -0.2) is 0 Å². The standard InChI is InChI=1S/C60H39NO/c1-3-17-40(18-4-1)47-25-7-8-26-48(47)44-22-16-24-46(38-44)61(57-36-35-49(41-19-5-2-6-20-41)60-59(57)55-31-13-14-32-58(55)62-60)45-23-15-21-42(37-45)43-33-34-54-52-29-10-9-27-50(52)51-28-11-12-30-53(51)56(54)39-43/h1-39H. The van der Waals surface area contributed by atoms with Crippen LogP contribution in [-0.2, 0) is 0 Å². The van der Waals surface area contributed by atoms with Crippen LogP contribution in [-0.4, -0.2) is 0 Å². The lowest BCUT2D eigenvalue weighted by atomic mass is 9.92. The second kappa shape index (κ2) is 14.8. The van der Waals surface area contributed by atoms with Gasteiger partial charge in [-0.1, -0.05) is 188 Å². The quantitative estimate of drug-likeness (QED) is 0.150. The highest BCUT2D eigenvalue weighted by Crippen LogP contribution is 2.48. The Morgan fingerprint density at radius 1 is 0.274 bits per heavy atom. The average Bonchev–Trinajstić information content (AvgIpc) is 3.75. The third-order valence-corrected chi connectivity index (χ3v) is 12.4. The van der Waals surface area contributed by atoms with Crippen molar-refractivity contribution in [3.63, 3.8) is 0 Å². The van der Waals surface area contributed by atoms with Crippen molar-refractivity contribution in [2.45, 2.75) is 0 Å². The maximum absolute atomic E-state index is 6.83. The Bertz CT molecular complexity index is 3600. The molecule has 1 aromatic heterocycles. The Morgan fingerprint density at radius 3 is 1.40 bits per heavy atom. The second-order valence-electron chi connectivity index (χ2n) is 16.0. The molecule has 0 amide bonds. The van der Waals surface area contributed by atoms with E-state index in [1.54, 1.807) is 0 Å². The smallest absolute Gasteiger partial charge is 0.145 e. The number of nitrogens with zero attached hydrogens (tertiary/aromatic N) is 1. The van der Waals surface area contributed by atoms with E-state index < -0.39 is 0 Å². The van der Waals surface area contributed by atoms with Crippen molar-refractivity contribution in [3.05, 3.63) is 237 Å². The molecule has 0 saturated heterocycles. The monoisotopic (exact) mass is 789 g/mol. The number of anilines is 3. The van der Waals surface area contributed by atoms with E-state index in [-0.39, 0.29) is 0 Å². The van der Waals surface area contributed by atoms with Crippen LogP contribution < -0.4 is 4.90 Å². The van der Waals surface area contributed by atoms with Crippen LogP contribution in [0.1, 0.15) is 0 Å². The van der Waals surface area contributed by atoms with Crippen molar-refractivity contribution in [3.8, 4) is 44.5 Å². The van der Waals surface area contributed by atoms with Crippen LogP contribution in [0.2, 0.25) is 0 Å². The number of rotatable bonds is 7. The van der Waals surface area contributed by atoms with E-state index in [0.717, 1.165) is 61.3 Å². The molecule has 0 spiro atoms. The molecule has 1 heterocycles. The van der Waals surface area contributed by atoms with Crippen molar-refractivity contribution >= 4 is 71.3 Å². The Labute approximate surface area is 360 Å². The number of para-hydroxylation sites is 1. The van der Waals surface area contributed by atoms with Crippen LogP contribution in [0.3, 0.4) is 0 Å². The molecule has 2 heteroatoms. The molecule has 2 nitrogen and oxygen atoms in total. The summed E-state index contributed by atoms with van der Waals surface area (Å²) in [6.45, 7) is 0. The van der Waals surface area contributed by atoms with E-state index in [0.29, 0.717) is 0 Å². The topological polar surface area (TPSA) is 16.4 Å². The first-order valence-corrected chi connectivity index (χ1v) is 21.3. The van der Waals surface area contributed by atoms with Gasteiger partial charge in [0.2, 0.25) is 0 Å². The van der Waals surface area contributed by atoms with Crippen molar-refractivity contribution < 1.29 is 4.42 Å². The van der Waals surface area contributed by atoms with E-state index in [1.165, 1.54) is 54.6 Å².